The average Bonchev–Trinajstić information content (AvgIpc) is 3.27. The van der Waals surface area contributed by atoms with E-state index in [0.29, 0.717) is 11.2 Å². The molecule has 26 heavy (non-hydrogen) atoms. The van der Waals surface area contributed by atoms with E-state index in [1.807, 2.05) is 18.2 Å². The molecule has 2 aromatic heterocycles. The number of benzene rings is 1. The normalized spacial score (nSPS) is 13.9. The fourth-order valence-corrected chi connectivity index (χ4v) is 4.45. The van der Waals surface area contributed by atoms with Gasteiger partial charge in [0.25, 0.3) is 0 Å². The molecule has 0 unspecified atom stereocenters. The molecule has 0 bridgehead atoms. The fraction of sp³-hybridized carbons (Fsp3) is 0.412. The van der Waals surface area contributed by atoms with Crippen LogP contribution in [0.2, 0.25) is 0 Å². The van der Waals surface area contributed by atoms with Gasteiger partial charge in [-0.3, -0.25) is 4.79 Å². The maximum absolute atomic E-state index is 12.3. The number of aryl methyl sites for hydroxylation is 1. The number of fused-ring (bicyclic) bond motifs is 1. The Labute approximate surface area is 159 Å². The molecule has 2 heterocycles. The summed E-state index contributed by atoms with van der Waals surface area (Å²) in [6.45, 7) is 2.08. The number of nitrogens with zero attached hydrogens (tertiary/aromatic N) is 4. The van der Waals surface area contributed by atoms with Crippen molar-refractivity contribution in [3.05, 3.63) is 24.0 Å². The van der Waals surface area contributed by atoms with Crippen LogP contribution in [0.1, 0.15) is 31.6 Å². The molecule has 0 radical (unpaired) electrons. The smallest absolute Gasteiger partial charge is 0.236 e. The van der Waals surface area contributed by atoms with E-state index in [1.54, 1.807) is 7.11 Å². The lowest BCUT2D eigenvalue weighted by Crippen LogP contribution is -2.14. The molecule has 1 fully saturated rings. The first kappa shape index (κ1) is 17.3. The summed E-state index contributed by atoms with van der Waals surface area (Å²) >= 11 is 2.86. The van der Waals surface area contributed by atoms with Gasteiger partial charge in [-0.05, 0) is 31.0 Å². The molecule has 1 amide bonds. The second-order valence-corrected chi connectivity index (χ2v) is 8.02. The molecule has 0 spiro atoms. The third-order valence-electron chi connectivity index (χ3n) is 4.14. The number of methoxy groups -OCH3 is 1. The van der Waals surface area contributed by atoms with Crippen molar-refractivity contribution in [2.24, 2.45) is 0 Å². The van der Waals surface area contributed by atoms with Crippen molar-refractivity contribution in [1.29, 1.82) is 0 Å². The second-order valence-electron chi connectivity index (χ2n) is 6.04. The zero-order chi connectivity index (χ0) is 18.1. The standard InChI is InChI=1S/C17H19N5O2S2/c1-3-14-20-21-17(22(14)10-4-5-10)25-9-15(23)19-16-18-12-7-6-11(24-2)8-13(12)26-16/h6-8,10H,3-5,9H2,1-2H3,(H,18,19,23). The highest BCUT2D eigenvalue weighted by Crippen LogP contribution is 2.38. The molecular weight excluding hydrogens is 370 g/mol. The largest absolute Gasteiger partial charge is 0.497 e. The fourth-order valence-electron chi connectivity index (χ4n) is 2.72. The molecule has 9 heteroatoms. The molecule has 3 aromatic rings. The molecule has 0 aliphatic heterocycles. The molecule has 1 aromatic carbocycles. The van der Waals surface area contributed by atoms with E-state index in [0.717, 1.165) is 33.4 Å². The Kier molecular flexibility index (Phi) is 4.82. The van der Waals surface area contributed by atoms with Crippen molar-refractivity contribution >= 4 is 44.4 Å². The monoisotopic (exact) mass is 389 g/mol. The first-order valence-corrected chi connectivity index (χ1v) is 10.3. The summed E-state index contributed by atoms with van der Waals surface area (Å²) in [7, 11) is 1.63. The Balaban J connectivity index is 1.41. The second kappa shape index (κ2) is 7.24. The number of carbonyl (C=O) groups excluding carboxylic acids is 1. The van der Waals surface area contributed by atoms with Crippen molar-refractivity contribution in [2.45, 2.75) is 37.4 Å². The summed E-state index contributed by atoms with van der Waals surface area (Å²) in [5.74, 6) is 1.97. The van der Waals surface area contributed by atoms with Gasteiger partial charge in [0.1, 0.15) is 11.6 Å². The quantitative estimate of drug-likeness (QED) is 0.623. The first-order valence-electron chi connectivity index (χ1n) is 8.49. The van der Waals surface area contributed by atoms with Gasteiger partial charge >= 0.3 is 0 Å². The van der Waals surface area contributed by atoms with Crippen molar-refractivity contribution in [1.82, 2.24) is 19.7 Å². The molecule has 1 aliphatic rings. The lowest BCUT2D eigenvalue weighted by molar-refractivity contribution is -0.113. The number of ether oxygens (including phenoxy) is 1. The number of rotatable bonds is 7. The number of hydrogen-bond acceptors (Lipinski definition) is 7. The van der Waals surface area contributed by atoms with Crippen molar-refractivity contribution in [2.75, 3.05) is 18.2 Å². The van der Waals surface area contributed by atoms with Crippen LogP contribution in [-0.4, -0.2) is 38.5 Å². The van der Waals surface area contributed by atoms with Gasteiger partial charge in [-0.15, -0.1) is 10.2 Å². The molecule has 1 saturated carbocycles. The zero-order valence-corrected chi connectivity index (χ0v) is 16.2. The Bertz CT molecular complexity index is 948. The van der Waals surface area contributed by atoms with Crippen LogP contribution >= 0.6 is 23.1 Å². The van der Waals surface area contributed by atoms with Crippen LogP contribution < -0.4 is 10.1 Å². The van der Waals surface area contributed by atoms with Gasteiger partial charge in [0.15, 0.2) is 10.3 Å². The number of carbonyl (C=O) groups is 1. The number of hydrogen-bond donors (Lipinski definition) is 1. The first-order chi connectivity index (χ1) is 12.7. The number of thiazole rings is 1. The predicted molar refractivity (Wildman–Crippen MR) is 103 cm³/mol. The van der Waals surface area contributed by atoms with E-state index in [2.05, 4.69) is 32.0 Å². The minimum atomic E-state index is -0.0931. The van der Waals surface area contributed by atoms with E-state index in [9.17, 15) is 4.79 Å². The van der Waals surface area contributed by atoms with E-state index >= 15 is 0 Å². The number of aromatic nitrogens is 4. The minimum absolute atomic E-state index is 0.0931. The van der Waals surface area contributed by atoms with Gasteiger partial charge in [0, 0.05) is 12.5 Å². The number of anilines is 1. The zero-order valence-electron chi connectivity index (χ0n) is 14.6. The van der Waals surface area contributed by atoms with Gasteiger partial charge in [-0.2, -0.15) is 0 Å². The SMILES string of the molecule is CCc1nnc(SCC(=O)Nc2nc3ccc(OC)cc3s2)n1C1CC1. The van der Waals surface area contributed by atoms with Crippen LogP contribution in [0, 0.1) is 0 Å². The van der Waals surface area contributed by atoms with Crippen molar-refractivity contribution in [3.63, 3.8) is 0 Å². The van der Waals surface area contributed by atoms with Crippen LogP contribution in [0.3, 0.4) is 0 Å². The summed E-state index contributed by atoms with van der Waals surface area (Å²) in [6.07, 6.45) is 3.19. The molecule has 0 saturated heterocycles. The van der Waals surface area contributed by atoms with E-state index in [-0.39, 0.29) is 11.7 Å². The van der Waals surface area contributed by atoms with E-state index in [1.165, 1.54) is 35.9 Å². The van der Waals surface area contributed by atoms with Crippen LogP contribution in [0.4, 0.5) is 5.13 Å². The number of amides is 1. The average molecular weight is 390 g/mol. The van der Waals surface area contributed by atoms with Crippen LogP contribution in [0.25, 0.3) is 10.2 Å². The lowest BCUT2D eigenvalue weighted by atomic mass is 10.3. The highest BCUT2D eigenvalue weighted by atomic mass is 32.2. The number of thioether (sulfide) groups is 1. The third kappa shape index (κ3) is 3.54. The molecule has 136 valence electrons. The van der Waals surface area contributed by atoms with Crippen LogP contribution in [0.5, 0.6) is 5.75 Å². The summed E-state index contributed by atoms with van der Waals surface area (Å²) in [5, 5.41) is 12.8. The molecule has 0 atom stereocenters. The van der Waals surface area contributed by atoms with Crippen LogP contribution in [0.15, 0.2) is 23.4 Å². The topological polar surface area (TPSA) is 81.9 Å². The summed E-state index contributed by atoms with van der Waals surface area (Å²) in [4.78, 5) is 16.8. The third-order valence-corrected chi connectivity index (χ3v) is 6.01. The molecule has 1 aliphatic carbocycles. The van der Waals surface area contributed by atoms with Gasteiger partial charge in [0.05, 0.1) is 23.1 Å². The molecule has 1 N–H and O–H groups in total. The Morgan fingerprint density at radius 3 is 3.00 bits per heavy atom. The molecule has 4 rings (SSSR count). The maximum Gasteiger partial charge on any atom is 0.236 e. The van der Waals surface area contributed by atoms with Gasteiger partial charge in [-0.25, -0.2) is 4.98 Å². The van der Waals surface area contributed by atoms with Gasteiger partial charge in [-0.1, -0.05) is 30.0 Å². The highest BCUT2D eigenvalue weighted by molar-refractivity contribution is 7.99. The van der Waals surface area contributed by atoms with E-state index in [4.69, 9.17) is 4.74 Å². The number of nitrogens with one attached hydrogen (secondary N) is 1. The summed E-state index contributed by atoms with van der Waals surface area (Å²) < 4.78 is 8.38. The Hall–Kier alpha value is -2.13. The van der Waals surface area contributed by atoms with Gasteiger partial charge in [0.2, 0.25) is 5.91 Å². The summed E-state index contributed by atoms with van der Waals surface area (Å²) in [6, 6.07) is 6.17. The van der Waals surface area contributed by atoms with Crippen LogP contribution in [-0.2, 0) is 11.2 Å². The Morgan fingerprint density at radius 1 is 1.42 bits per heavy atom. The van der Waals surface area contributed by atoms with Crippen molar-refractivity contribution in [3.8, 4) is 5.75 Å². The van der Waals surface area contributed by atoms with Crippen molar-refractivity contribution < 1.29 is 9.53 Å². The lowest BCUT2D eigenvalue weighted by Gasteiger charge is -2.07. The highest BCUT2D eigenvalue weighted by Gasteiger charge is 2.29. The van der Waals surface area contributed by atoms with E-state index < -0.39 is 0 Å². The molecule has 7 nitrogen and oxygen atoms in total. The molecular formula is C17H19N5O2S2. The predicted octanol–water partition coefficient (Wildman–Crippen LogP) is 3.52. The Morgan fingerprint density at radius 2 is 2.27 bits per heavy atom. The maximum atomic E-state index is 12.3. The minimum Gasteiger partial charge on any atom is -0.497 e. The van der Waals surface area contributed by atoms with Gasteiger partial charge < -0.3 is 14.6 Å². The summed E-state index contributed by atoms with van der Waals surface area (Å²) in [5.41, 5.74) is 0.847.